The summed E-state index contributed by atoms with van der Waals surface area (Å²) in [5.74, 6) is 2.14. The summed E-state index contributed by atoms with van der Waals surface area (Å²) in [5.41, 5.74) is 0. The molecular formula is C14H25N3O. The highest BCUT2D eigenvalue weighted by Gasteiger charge is 2.08. The van der Waals surface area contributed by atoms with Gasteiger partial charge in [0.1, 0.15) is 12.1 Å². The molecule has 102 valence electrons. The molecule has 1 aromatic heterocycles. The minimum Gasteiger partial charge on any atom is -0.477 e. The fourth-order valence-electron chi connectivity index (χ4n) is 1.71. The Morgan fingerprint density at radius 2 is 1.83 bits per heavy atom. The summed E-state index contributed by atoms with van der Waals surface area (Å²) in [5, 5.41) is 0. The van der Waals surface area contributed by atoms with Crippen molar-refractivity contribution in [2.24, 2.45) is 5.92 Å². The van der Waals surface area contributed by atoms with Crippen LogP contribution in [0.5, 0.6) is 5.88 Å². The van der Waals surface area contributed by atoms with Crippen molar-refractivity contribution in [2.75, 3.05) is 24.6 Å². The third kappa shape index (κ3) is 4.90. The van der Waals surface area contributed by atoms with Crippen LogP contribution in [-0.4, -0.2) is 29.7 Å². The van der Waals surface area contributed by atoms with Crippen LogP contribution >= 0.6 is 0 Å². The molecule has 0 fully saturated rings. The summed E-state index contributed by atoms with van der Waals surface area (Å²) < 4.78 is 5.64. The van der Waals surface area contributed by atoms with Gasteiger partial charge in [-0.3, -0.25) is 0 Å². The Hall–Kier alpha value is -1.32. The molecule has 0 atom stereocenters. The molecule has 4 nitrogen and oxygen atoms in total. The van der Waals surface area contributed by atoms with Crippen LogP contribution in [0.25, 0.3) is 0 Å². The molecule has 0 unspecified atom stereocenters. The maximum absolute atomic E-state index is 5.64. The lowest BCUT2D eigenvalue weighted by atomic mass is 10.2. The van der Waals surface area contributed by atoms with Crippen LogP contribution in [0.15, 0.2) is 12.4 Å². The average Bonchev–Trinajstić information content (AvgIpc) is 2.36. The van der Waals surface area contributed by atoms with Crippen molar-refractivity contribution < 1.29 is 4.74 Å². The Balaban J connectivity index is 2.71. The van der Waals surface area contributed by atoms with Gasteiger partial charge in [0.15, 0.2) is 0 Å². The second-order valence-corrected chi connectivity index (χ2v) is 4.91. The summed E-state index contributed by atoms with van der Waals surface area (Å²) >= 11 is 0. The van der Waals surface area contributed by atoms with Gasteiger partial charge in [-0.25, -0.2) is 9.97 Å². The van der Waals surface area contributed by atoms with Gasteiger partial charge in [-0.1, -0.05) is 27.7 Å². The first-order valence-corrected chi connectivity index (χ1v) is 6.87. The highest BCUT2D eigenvalue weighted by atomic mass is 16.5. The molecule has 0 saturated heterocycles. The Labute approximate surface area is 110 Å². The first-order valence-electron chi connectivity index (χ1n) is 6.87. The van der Waals surface area contributed by atoms with Crippen molar-refractivity contribution in [3.05, 3.63) is 12.4 Å². The largest absolute Gasteiger partial charge is 0.477 e. The van der Waals surface area contributed by atoms with Crippen LogP contribution in [0, 0.1) is 5.92 Å². The van der Waals surface area contributed by atoms with E-state index in [9.17, 15) is 0 Å². The molecule has 18 heavy (non-hydrogen) atoms. The second kappa shape index (κ2) is 7.90. The van der Waals surface area contributed by atoms with Crippen molar-refractivity contribution in [3.8, 4) is 5.88 Å². The molecule has 1 heterocycles. The minimum atomic E-state index is 0.505. The maximum Gasteiger partial charge on any atom is 0.218 e. The first kappa shape index (κ1) is 14.7. The van der Waals surface area contributed by atoms with Crippen molar-refractivity contribution >= 4 is 5.82 Å². The third-order valence-electron chi connectivity index (χ3n) is 2.50. The molecule has 0 bridgehead atoms. The smallest absolute Gasteiger partial charge is 0.218 e. The number of anilines is 1. The molecule has 0 aliphatic carbocycles. The van der Waals surface area contributed by atoms with Crippen molar-refractivity contribution in [3.63, 3.8) is 0 Å². The lowest BCUT2D eigenvalue weighted by molar-refractivity contribution is 0.261. The number of rotatable bonds is 8. The highest BCUT2D eigenvalue weighted by molar-refractivity contribution is 5.40. The summed E-state index contributed by atoms with van der Waals surface area (Å²) in [4.78, 5) is 10.8. The molecule has 4 heteroatoms. The standard InChI is InChI=1S/C14H25N3O/c1-5-7-17(8-6-2)13-9-14(16-11-15-13)18-10-12(3)4/h9,11-12H,5-8,10H2,1-4H3. The maximum atomic E-state index is 5.64. The van der Waals surface area contributed by atoms with Gasteiger partial charge in [-0.05, 0) is 18.8 Å². The molecule has 0 aliphatic heterocycles. The van der Waals surface area contributed by atoms with Crippen LogP contribution in [-0.2, 0) is 0 Å². The Morgan fingerprint density at radius 1 is 1.17 bits per heavy atom. The zero-order valence-corrected chi connectivity index (χ0v) is 12.0. The number of nitrogens with zero attached hydrogens (tertiary/aromatic N) is 3. The summed E-state index contributed by atoms with van der Waals surface area (Å²) in [6, 6.07) is 1.94. The topological polar surface area (TPSA) is 38.2 Å². The van der Waals surface area contributed by atoms with E-state index in [1.54, 1.807) is 6.33 Å². The fraction of sp³-hybridized carbons (Fsp3) is 0.714. The summed E-state index contributed by atoms with van der Waals surface area (Å²) in [7, 11) is 0. The minimum absolute atomic E-state index is 0.505. The van der Waals surface area contributed by atoms with E-state index < -0.39 is 0 Å². The van der Waals surface area contributed by atoms with Crippen LogP contribution in [0.2, 0.25) is 0 Å². The van der Waals surface area contributed by atoms with Gasteiger partial charge in [0, 0.05) is 19.2 Å². The second-order valence-electron chi connectivity index (χ2n) is 4.91. The monoisotopic (exact) mass is 251 g/mol. The van der Waals surface area contributed by atoms with E-state index in [4.69, 9.17) is 4.74 Å². The van der Waals surface area contributed by atoms with Crippen LogP contribution in [0.4, 0.5) is 5.82 Å². The van der Waals surface area contributed by atoms with Gasteiger partial charge in [0.05, 0.1) is 6.61 Å². The lowest BCUT2D eigenvalue weighted by Crippen LogP contribution is -2.25. The number of aromatic nitrogens is 2. The van der Waals surface area contributed by atoms with Gasteiger partial charge in [-0.15, -0.1) is 0 Å². The van der Waals surface area contributed by atoms with E-state index in [1.807, 2.05) is 6.07 Å². The number of hydrogen-bond donors (Lipinski definition) is 0. The Morgan fingerprint density at radius 3 is 2.39 bits per heavy atom. The summed E-state index contributed by atoms with van der Waals surface area (Å²) in [6.45, 7) is 11.4. The van der Waals surface area contributed by atoms with Crippen molar-refractivity contribution in [1.29, 1.82) is 0 Å². The van der Waals surface area contributed by atoms with Crippen LogP contribution < -0.4 is 9.64 Å². The predicted molar refractivity (Wildman–Crippen MR) is 75.2 cm³/mol. The van der Waals surface area contributed by atoms with Gasteiger partial charge >= 0.3 is 0 Å². The lowest BCUT2D eigenvalue weighted by Gasteiger charge is -2.22. The fourth-order valence-corrected chi connectivity index (χ4v) is 1.71. The normalized spacial score (nSPS) is 10.7. The first-order chi connectivity index (χ1) is 8.67. The van der Waals surface area contributed by atoms with E-state index >= 15 is 0 Å². The van der Waals surface area contributed by atoms with E-state index in [0.29, 0.717) is 18.4 Å². The zero-order valence-electron chi connectivity index (χ0n) is 12.0. The highest BCUT2D eigenvalue weighted by Crippen LogP contribution is 2.17. The van der Waals surface area contributed by atoms with E-state index in [-0.39, 0.29) is 0 Å². The molecule has 0 amide bonds. The van der Waals surface area contributed by atoms with E-state index in [0.717, 1.165) is 31.7 Å². The van der Waals surface area contributed by atoms with Crippen molar-refractivity contribution in [2.45, 2.75) is 40.5 Å². The molecule has 1 aromatic rings. The average molecular weight is 251 g/mol. The molecule has 0 aliphatic rings. The van der Waals surface area contributed by atoms with E-state index in [1.165, 1.54) is 0 Å². The van der Waals surface area contributed by atoms with Gasteiger partial charge < -0.3 is 9.64 Å². The Kier molecular flexibility index (Phi) is 6.47. The molecule has 0 radical (unpaired) electrons. The van der Waals surface area contributed by atoms with Gasteiger partial charge in [0.2, 0.25) is 5.88 Å². The zero-order chi connectivity index (χ0) is 13.4. The number of ether oxygens (including phenoxy) is 1. The van der Waals surface area contributed by atoms with Gasteiger partial charge in [0.25, 0.3) is 0 Å². The van der Waals surface area contributed by atoms with Crippen LogP contribution in [0.1, 0.15) is 40.5 Å². The molecular weight excluding hydrogens is 226 g/mol. The molecule has 0 saturated carbocycles. The number of hydrogen-bond acceptors (Lipinski definition) is 4. The molecule has 0 N–H and O–H groups in total. The molecule has 0 aromatic carbocycles. The van der Waals surface area contributed by atoms with Crippen LogP contribution in [0.3, 0.4) is 0 Å². The SMILES string of the molecule is CCCN(CCC)c1cc(OCC(C)C)ncn1. The predicted octanol–water partition coefficient (Wildman–Crippen LogP) is 3.14. The Bertz CT molecular complexity index is 336. The van der Waals surface area contributed by atoms with Gasteiger partial charge in [-0.2, -0.15) is 0 Å². The third-order valence-corrected chi connectivity index (χ3v) is 2.50. The quantitative estimate of drug-likeness (QED) is 0.711. The molecule has 1 rings (SSSR count). The molecule has 0 spiro atoms. The summed E-state index contributed by atoms with van der Waals surface area (Å²) in [6.07, 6.45) is 3.82. The van der Waals surface area contributed by atoms with E-state index in [2.05, 4.69) is 42.6 Å². The van der Waals surface area contributed by atoms with Crippen molar-refractivity contribution in [1.82, 2.24) is 9.97 Å².